The molecule has 1 aliphatic heterocycles. The highest BCUT2D eigenvalue weighted by Gasteiger charge is 2.31. The van der Waals surface area contributed by atoms with Crippen LogP contribution in [0.25, 0.3) is 0 Å². The fraction of sp³-hybridized carbons (Fsp3) is 0.379. The third kappa shape index (κ3) is 8.29. The number of carbonyl (C=O) groups excluding carboxylic acids is 4. The normalized spacial score (nSPS) is 21.2. The Morgan fingerprint density at radius 3 is 2.53 bits per heavy atom. The van der Waals surface area contributed by atoms with Crippen LogP contribution in [0.3, 0.4) is 0 Å². The molecule has 4 atom stereocenters. The first-order chi connectivity index (χ1) is 20.6. The van der Waals surface area contributed by atoms with E-state index in [1.165, 1.54) is 37.8 Å². The Hall–Kier alpha value is -4.98. The Morgan fingerprint density at radius 1 is 1.05 bits per heavy atom. The summed E-state index contributed by atoms with van der Waals surface area (Å²) < 4.78 is 12.7. The lowest BCUT2D eigenvalue weighted by molar-refractivity contribution is -0.134. The molecule has 0 saturated carbocycles. The molecule has 3 aromatic rings. The summed E-state index contributed by atoms with van der Waals surface area (Å²) >= 11 is 0. The van der Waals surface area contributed by atoms with Gasteiger partial charge in [-0.3, -0.25) is 23.9 Å². The van der Waals surface area contributed by atoms with E-state index < -0.39 is 47.9 Å². The van der Waals surface area contributed by atoms with E-state index in [1.54, 1.807) is 12.3 Å². The van der Waals surface area contributed by atoms with Gasteiger partial charge in [-0.1, -0.05) is 35.5 Å². The molecule has 43 heavy (non-hydrogen) atoms. The molecule has 228 valence electrons. The van der Waals surface area contributed by atoms with E-state index in [0.717, 1.165) is 5.56 Å². The minimum atomic E-state index is -1.40. The van der Waals surface area contributed by atoms with Crippen LogP contribution in [0.4, 0.5) is 0 Å². The lowest BCUT2D eigenvalue weighted by Crippen LogP contribution is -2.59. The maximum Gasteiger partial charge on any atom is 0.252 e. The topological polar surface area (TPSA) is 186 Å². The van der Waals surface area contributed by atoms with Crippen molar-refractivity contribution in [2.24, 2.45) is 0 Å². The standard InChI is InChI=1S/C29H35N7O7/c1-17-26(38)33-25(18(2)37)29(41)32-22(13-19-7-5-4-6-8-19)28(40)30-11-12-36-15-21(34-35-36)16-43-24-14-20(27(39)31-17)9-10-23(24)42-3/h4-10,14-15,17-18,22,25,37H,11-13,16H2,1-3H3,(H,30,40)(H,31,39)(H,32,41)(H,33,38)/t17-,18-,22+,25+/m1/s1. The van der Waals surface area contributed by atoms with Crippen molar-refractivity contribution in [2.45, 2.75) is 57.6 Å². The molecule has 1 aromatic heterocycles. The highest BCUT2D eigenvalue weighted by Crippen LogP contribution is 2.28. The van der Waals surface area contributed by atoms with Crippen LogP contribution in [0.5, 0.6) is 11.5 Å². The summed E-state index contributed by atoms with van der Waals surface area (Å²) in [5.74, 6) is -1.86. The van der Waals surface area contributed by atoms with Crippen molar-refractivity contribution in [1.82, 2.24) is 36.3 Å². The molecule has 14 heteroatoms. The quantitative estimate of drug-likeness (QED) is 0.271. The van der Waals surface area contributed by atoms with Crippen LogP contribution in [-0.2, 0) is 34.0 Å². The number of carbonyl (C=O) groups is 4. The van der Waals surface area contributed by atoms with E-state index in [9.17, 15) is 24.3 Å². The molecule has 4 rings (SSSR count). The monoisotopic (exact) mass is 593 g/mol. The summed E-state index contributed by atoms with van der Waals surface area (Å²) in [6.07, 6.45) is 0.516. The van der Waals surface area contributed by atoms with Crippen LogP contribution in [-0.4, -0.2) is 81.6 Å². The number of nitrogens with zero attached hydrogens (tertiary/aromatic N) is 3. The zero-order chi connectivity index (χ0) is 30.9. The van der Waals surface area contributed by atoms with Gasteiger partial charge in [-0.25, -0.2) is 0 Å². The maximum atomic E-state index is 13.3. The van der Waals surface area contributed by atoms with Crippen LogP contribution in [0.15, 0.2) is 54.7 Å². The fourth-order valence-corrected chi connectivity index (χ4v) is 4.36. The van der Waals surface area contributed by atoms with E-state index in [4.69, 9.17) is 9.47 Å². The van der Waals surface area contributed by atoms with E-state index >= 15 is 0 Å². The molecule has 2 aromatic carbocycles. The number of fused-ring (bicyclic) bond motifs is 4. The zero-order valence-corrected chi connectivity index (χ0v) is 24.1. The molecule has 0 unspecified atom stereocenters. The van der Waals surface area contributed by atoms with Crippen LogP contribution >= 0.6 is 0 Å². The van der Waals surface area contributed by atoms with Crippen LogP contribution in [0.1, 0.15) is 35.5 Å². The van der Waals surface area contributed by atoms with E-state index in [0.29, 0.717) is 11.4 Å². The van der Waals surface area contributed by atoms with Crippen molar-refractivity contribution in [3.05, 3.63) is 71.5 Å². The highest BCUT2D eigenvalue weighted by atomic mass is 16.5. The van der Waals surface area contributed by atoms with Crippen LogP contribution in [0.2, 0.25) is 0 Å². The van der Waals surface area contributed by atoms with E-state index in [-0.39, 0.29) is 37.4 Å². The maximum absolute atomic E-state index is 13.3. The average molecular weight is 594 g/mol. The smallest absolute Gasteiger partial charge is 0.252 e. The van der Waals surface area contributed by atoms with Gasteiger partial charge in [-0.2, -0.15) is 0 Å². The lowest BCUT2D eigenvalue weighted by Gasteiger charge is -2.26. The lowest BCUT2D eigenvalue weighted by atomic mass is 10.0. The Kier molecular flexibility index (Phi) is 10.3. The van der Waals surface area contributed by atoms with Crippen molar-refractivity contribution in [1.29, 1.82) is 0 Å². The Morgan fingerprint density at radius 2 is 1.81 bits per heavy atom. The third-order valence-corrected chi connectivity index (χ3v) is 6.75. The second-order valence-electron chi connectivity index (χ2n) is 10.1. The molecule has 14 nitrogen and oxygen atoms in total. The van der Waals surface area contributed by atoms with E-state index in [2.05, 4.69) is 31.6 Å². The molecular formula is C29H35N7O7. The van der Waals surface area contributed by atoms with Crippen LogP contribution in [0, 0.1) is 0 Å². The second-order valence-corrected chi connectivity index (χ2v) is 10.1. The van der Waals surface area contributed by atoms with Gasteiger partial charge >= 0.3 is 0 Å². The third-order valence-electron chi connectivity index (χ3n) is 6.75. The molecule has 5 N–H and O–H groups in total. The van der Waals surface area contributed by atoms with Gasteiger partial charge in [-0.15, -0.1) is 5.10 Å². The molecule has 4 bridgehead atoms. The van der Waals surface area contributed by atoms with Gasteiger partial charge < -0.3 is 35.8 Å². The molecule has 0 saturated heterocycles. The predicted octanol–water partition coefficient (Wildman–Crippen LogP) is -0.293. The zero-order valence-electron chi connectivity index (χ0n) is 24.1. The number of rotatable bonds is 4. The summed E-state index contributed by atoms with van der Waals surface area (Å²) in [5, 5.41) is 29.1. The number of aliphatic hydroxyl groups is 1. The molecule has 0 radical (unpaired) electrons. The number of hydrogen-bond donors (Lipinski definition) is 5. The number of methoxy groups -OCH3 is 1. The van der Waals surface area contributed by atoms with Gasteiger partial charge in [0.25, 0.3) is 5.91 Å². The fourth-order valence-electron chi connectivity index (χ4n) is 4.36. The molecule has 0 aliphatic carbocycles. The molecule has 0 fully saturated rings. The van der Waals surface area contributed by atoms with E-state index in [1.807, 2.05) is 30.3 Å². The number of aliphatic hydroxyl groups excluding tert-OH is 1. The van der Waals surface area contributed by atoms with Crippen LogP contribution < -0.4 is 30.7 Å². The summed E-state index contributed by atoms with van der Waals surface area (Å²) in [6.45, 7) is 3.27. The molecule has 1 aliphatic rings. The largest absolute Gasteiger partial charge is 0.493 e. The predicted molar refractivity (Wildman–Crippen MR) is 153 cm³/mol. The summed E-state index contributed by atoms with van der Waals surface area (Å²) in [7, 11) is 1.46. The van der Waals surface area contributed by atoms with Gasteiger partial charge in [0.1, 0.15) is 30.4 Å². The van der Waals surface area contributed by atoms with Crippen molar-refractivity contribution < 1.29 is 33.8 Å². The number of aromatic nitrogens is 3. The number of amides is 4. The van der Waals surface area contributed by atoms with Crippen molar-refractivity contribution >= 4 is 23.6 Å². The van der Waals surface area contributed by atoms with Gasteiger partial charge in [-0.05, 0) is 37.6 Å². The number of nitrogens with one attached hydrogen (secondary N) is 4. The number of benzene rings is 2. The first-order valence-electron chi connectivity index (χ1n) is 13.8. The highest BCUT2D eigenvalue weighted by molar-refractivity contribution is 5.99. The Balaban J connectivity index is 1.61. The first kappa shape index (κ1) is 31.0. The average Bonchev–Trinajstić information content (AvgIpc) is 3.45. The SMILES string of the molecule is COc1ccc2cc1OCc1cn(nn1)CCNC(=O)[C@H](Cc1ccccc1)NC(=O)[C@H]([C@@H](C)O)NC(=O)[C@@H](C)NC2=O. The summed E-state index contributed by atoms with van der Waals surface area (Å²) in [4.78, 5) is 52.5. The van der Waals surface area contributed by atoms with Gasteiger partial charge in [0.2, 0.25) is 17.7 Å². The van der Waals surface area contributed by atoms with Crippen molar-refractivity contribution in [3.63, 3.8) is 0 Å². The minimum Gasteiger partial charge on any atom is -0.493 e. The van der Waals surface area contributed by atoms with Gasteiger partial charge in [0.15, 0.2) is 11.5 Å². The minimum absolute atomic E-state index is 0.0263. The molecule has 2 heterocycles. The molecular weight excluding hydrogens is 558 g/mol. The molecule has 0 spiro atoms. The molecule has 4 amide bonds. The number of ether oxygens (including phenoxy) is 2. The first-order valence-corrected chi connectivity index (χ1v) is 13.8. The Bertz CT molecular complexity index is 1440. The van der Waals surface area contributed by atoms with Gasteiger partial charge in [0.05, 0.1) is 26.0 Å². The van der Waals surface area contributed by atoms with Crippen molar-refractivity contribution in [3.8, 4) is 11.5 Å². The van der Waals surface area contributed by atoms with Gasteiger partial charge in [0, 0.05) is 18.5 Å². The number of hydrogen-bond acceptors (Lipinski definition) is 9. The van der Waals surface area contributed by atoms with Crippen molar-refractivity contribution in [2.75, 3.05) is 13.7 Å². The summed E-state index contributed by atoms with van der Waals surface area (Å²) in [6, 6.07) is 10.2. The summed E-state index contributed by atoms with van der Waals surface area (Å²) in [5.41, 5.74) is 1.49. The Labute approximate surface area is 248 Å². The second kappa shape index (κ2) is 14.3.